The van der Waals surface area contributed by atoms with E-state index in [-0.39, 0.29) is 6.61 Å². The van der Waals surface area contributed by atoms with Gasteiger partial charge in [0.2, 0.25) is 0 Å². The zero-order valence-electron chi connectivity index (χ0n) is 11.6. The lowest BCUT2D eigenvalue weighted by atomic mass is 9.93. The molecule has 0 unspecified atom stereocenters. The van der Waals surface area contributed by atoms with Gasteiger partial charge in [-0.25, -0.2) is 9.37 Å². The number of rotatable bonds is 2. The fourth-order valence-corrected chi connectivity index (χ4v) is 2.61. The van der Waals surface area contributed by atoms with Crippen LogP contribution in [0.3, 0.4) is 0 Å². The van der Waals surface area contributed by atoms with Crippen molar-refractivity contribution in [2.45, 2.75) is 13.5 Å². The Bertz CT molecular complexity index is 830. The van der Waals surface area contributed by atoms with E-state index in [0.29, 0.717) is 11.4 Å². The maximum Gasteiger partial charge on any atom is 0.129 e. The van der Waals surface area contributed by atoms with Crippen molar-refractivity contribution in [1.29, 1.82) is 0 Å². The minimum absolute atomic E-state index is 0.317. The van der Waals surface area contributed by atoms with Gasteiger partial charge in [-0.2, -0.15) is 0 Å². The molecule has 3 aromatic rings. The Morgan fingerprint density at radius 2 is 1.95 bits per heavy atom. The SMILES string of the molecule is Cc1ccc(F)c(CO)c1-c1ccc2cc(N)ncc2c1. The van der Waals surface area contributed by atoms with Crippen LogP contribution in [-0.4, -0.2) is 10.1 Å². The molecule has 2 aromatic carbocycles. The molecule has 4 heteroatoms. The molecule has 0 amide bonds. The zero-order valence-corrected chi connectivity index (χ0v) is 11.6. The number of nitrogens with zero attached hydrogens (tertiary/aromatic N) is 1. The largest absolute Gasteiger partial charge is 0.392 e. The Hall–Kier alpha value is -2.46. The first-order valence-corrected chi connectivity index (χ1v) is 6.64. The minimum Gasteiger partial charge on any atom is -0.392 e. The molecule has 0 aliphatic heterocycles. The van der Waals surface area contributed by atoms with Gasteiger partial charge in [0.25, 0.3) is 0 Å². The maximum absolute atomic E-state index is 13.9. The number of hydrogen-bond donors (Lipinski definition) is 2. The quantitative estimate of drug-likeness (QED) is 0.757. The van der Waals surface area contributed by atoms with Gasteiger partial charge in [-0.3, -0.25) is 0 Å². The maximum atomic E-state index is 13.9. The highest BCUT2D eigenvalue weighted by Gasteiger charge is 2.13. The molecule has 0 fully saturated rings. The van der Waals surface area contributed by atoms with Gasteiger partial charge >= 0.3 is 0 Å². The van der Waals surface area contributed by atoms with Crippen LogP contribution in [0.25, 0.3) is 21.9 Å². The number of anilines is 1. The lowest BCUT2D eigenvalue weighted by molar-refractivity contribution is 0.276. The number of nitrogens with two attached hydrogens (primary N) is 1. The molecule has 21 heavy (non-hydrogen) atoms. The zero-order chi connectivity index (χ0) is 15.0. The normalized spacial score (nSPS) is 11.0. The van der Waals surface area contributed by atoms with E-state index in [1.807, 2.05) is 25.1 Å². The summed E-state index contributed by atoms with van der Waals surface area (Å²) in [4.78, 5) is 4.08. The molecule has 0 aliphatic rings. The molecule has 0 atom stereocenters. The number of fused-ring (bicyclic) bond motifs is 1. The number of pyridine rings is 1. The van der Waals surface area contributed by atoms with Crippen LogP contribution in [0.5, 0.6) is 0 Å². The Balaban J connectivity index is 2.25. The molecule has 0 saturated carbocycles. The molecule has 3 N–H and O–H groups in total. The topological polar surface area (TPSA) is 59.1 Å². The van der Waals surface area contributed by atoms with Gasteiger partial charge in [0, 0.05) is 17.1 Å². The van der Waals surface area contributed by atoms with Crippen LogP contribution in [-0.2, 0) is 6.61 Å². The van der Waals surface area contributed by atoms with E-state index in [1.165, 1.54) is 6.07 Å². The molecule has 1 heterocycles. The predicted octanol–water partition coefficient (Wildman–Crippen LogP) is 3.42. The summed E-state index contributed by atoms with van der Waals surface area (Å²) < 4.78 is 13.9. The molecule has 0 saturated heterocycles. The number of nitrogen functional groups attached to an aromatic ring is 1. The minimum atomic E-state index is -0.395. The Morgan fingerprint density at radius 1 is 1.14 bits per heavy atom. The summed E-state index contributed by atoms with van der Waals surface area (Å²) in [6, 6.07) is 10.7. The first kappa shape index (κ1) is 13.5. The lowest BCUT2D eigenvalue weighted by Crippen LogP contribution is -1.97. The first-order chi connectivity index (χ1) is 10.1. The van der Waals surface area contributed by atoms with Gasteiger partial charge in [0.05, 0.1) is 6.61 Å². The van der Waals surface area contributed by atoms with Gasteiger partial charge in [0.15, 0.2) is 0 Å². The fourth-order valence-electron chi connectivity index (χ4n) is 2.61. The van der Waals surface area contributed by atoms with Crippen LogP contribution in [0.4, 0.5) is 10.2 Å². The molecule has 3 nitrogen and oxygen atoms in total. The molecule has 0 spiro atoms. The highest BCUT2D eigenvalue weighted by molar-refractivity contribution is 5.89. The third-order valence-corrected chi connectivity index (χ3v) is 3.65. The molecule has 3 rings (SSSR count). The van der Waals surface area contributed by atoms with Crippen molar-refractivity contribution >= 4 is 16.6 Å². The van der Waals surface area contributed by atoms with Crippen LogP contribution in [0.2, 0.25) is 0 Å². The van der Waals surface area contributed by atoms with Gasteiger partial charge in [-0.15, -0.1) is 0 Å². The van der Waals surface area contributed by atoms with Crippen molar-refractivity contribution < 1.29 is 9.50 Å². The summed E-state index contributed by atoms with van der Waals surface area (Å²) in [5.41, 5.74) is 8.50. The lowest BCUT2D eigenvalue weighted by Gasteiger charge is -2.13. The second kappa shape index (κ2) is 5.14. The van der Waals surface area contributed by atoms with Crippen molar-refractivity contribution in [2.75, 3.05) is 5.73 Å². The Labute approximate surface area is 121 Å². The molecule has 0 radical (unpaired) electrons. The number of halogens is 1. The van der Waals surface area contributed by atoms with E-state index < -0.39 is 5.82 Å². The third kappa shape index (κ3) is 2.34. The summed E-state index contributed by atoms with van der Waals surface area (Å²) in [7, 11) is 0. The summed E-state index contributed by atoms with van der Waals surface area (Å²) in [6.45, 7) is 1.57. The Kier molecular flexibility index (Phi) is 3.31. The second-order valence-corrected chi connectivity index (χ2v) is 5.05. The second-order valence-electron chi connectivity index (χ2n) is 5.05. The smallest absolute Gasteiger partial charge is 0.129 e. The fraction of sp³-hybridized carbons (Fsp3) is 0.118. The monoisotopic (exact) mass is 282 g/mol. The van der Waals surface area contributed by atoms with Gasteiger partial charge in [-0.1, -0.05) is 18.2 Å². The Morgan fingerprint density at radius 3 is 2.71 bits per heavy atom. The number of aliphatic hydroxyl groups excluding tert-OH is 1. The van der Waals surface area contributed by atoms with Gasteiger partial charge in [0.1, 0.15) is 11.6 Å². The first-order valence-electron chi connectivity index (χ1n) is 6.64. The van der Waals surface area contributed by atoms with Crippen molar-refractivity contribution in [3.63, 3.8) is 0 Å². The summed E-state index contributed by atoms with van der Waals surface area (Å²) in [5, 5.41) is 11.4. The summed E-state index contributed by atoms with van der Waals surface area (Å²) in [6.07, 6.45) is 1.70. The van der Waals surface area contributed by atoms with Crippen LogP contribution in [0, 0.1) is 12.7 Å². The molecular formula is C17H15FN2O. The number of benzene rings is 2. The molecule has 0 aliphatic carbocycles. The van der Waals surface area contributed by atoms with E-state index in [9.17, 15) is 9.50 Å². The average molecular weight is 282 g/mol. The summed E-state index contributed by atoms with van der Waals surface area (Å²) in [5.74, 6) is 0.0712. The van der Waals surface area contributed by atoms with Crippen LogP contribution in [0.15, 0.2) is 42.6 Å². The van der Waals surface area contributed by atoms with Crippen molar-refractivity contribution in [2.24, 2.45) is 0 Å². The molecule has 106 valence electrons. The van der Waals surface area contributed by atoms with Gasteiger partial charge in [-0.05, 0) is 47.2 Å². The van der Waals surface area contributed by atoms with Crippen molar-refractivity contribution in [1.82, 2.24) is 4.98 Å². The third-order valence-electron chi connectivity index (χ3n) is 3.65. The molecule has 0 bridgehead atoms. The van der Waals surface area contributed by atoms with Crippen molar-refractivity contribution in [3.05, 3.63) is 59.5 Å². The highest BCUT2D eigenvalue weighted by Crippen LogP contribution is 2.31. The molecular weight excluding hydrogens is 267 g/mol. The van der Waals surface area contributed by atoms with Crippen molar-refractivity contribution in [3.8, 4) is 11.1 Å². The van der Waals surface area contributed by atoms with Gasteiger partial charge < -0.3 is 10.8 Å². The van der Waals surface area contributed by atoms with Crippen LogP contribution >= 0.6 is 0 Å². The number of aromatic nitrogens is 1. The number of aliphatic hydroxyl groups is 1. The highest BCUT2D eigenvalue weighted by atomic mass is 19.1. The molecule has 1 aromatic heterocycles. The number of hydrogen-bond acceptors (Lipinski definition) is 3. The average Bonchev–Trinajstić information content (AvgIpc) is 2.48. The van der Waals surface area contributed by atoms with E-state index >= 15 is 0 Å². The van der Waals surface area contributed by atoms with Crippen LogP contribution < -0.4 is 5.73 Å². The predicted molar refractivity (Wildman–Crippen MR) is 82.2 cm³/mol. The van der Waals surface area contributed by atoms with E-state index in [2.05, 4.69) is 4.98 Å². The van der Waals surface area contributed by atoms with E-state index in [4.69, 9.17) is 5.73 Å². The number of aryl methyl sites for hydroxylation is 1. The van der Waals surface area contributed by atoms with E-state index in [0.717, 1.165) is 27.5 Å². The van der Waals surface area contributed by atoms with E-state index in [1.54, 1.807) is 18.3 Å². The standard InChI is InChI=1S/C17H15FN2O/c1-10-2-5-15(18)14(9-21)17(10)12-4-3-11-7-16(19)20-8-13(11)6-12/h2-8,21H,9H2,1H3,(H2,19,20). The summed E-state index contributed by atoms with van der Waals surface area (Å²) >= 11 is 0. The van der Waals surface area contributed by atoms with Crippen LogP contribution in [0.1, 0.15) is 11.1 Å².